The molecule has 0 spiro atoms. The van der Waals surface area contributed by atoms with E-state index in [-0.39, 0.29) is 18.5 Å². The molecule has 1 aromatic heterocycles. The van der Waals surface area contributed by atoms with Gasteiger partial charge in [-0.2, -0.15) is 15.0 Å². The van der Waals surface area contributed by atoms with Gasteiger partial charge in [-0.05, 0) is 0 Å². The molecule has 0 bridgehead atoms. The maximum atomic E-state index is 8.51. The third-order valence-electron chi connectivity index (χ3n) is 0.972. The van der Waals surface area contributed by atoms with Gasteiger partial charge in [-0.25, -0.2) is 0 Å². The Kier molecular flexibility index (Phi) is 3.06. The van der Waals surface area contributed by atoms with E-state index in [4.69, 9.17) is 16.6 Å². The Balaban J connectivity index is 2.72. The fourth-order valence-corrected chi connectivity index (χ4v) is 1.18. The Morgan fingerprint density at radius 1 is 1.17 bits per heavy atom. The predicted molar refractivity (Wildman–Crippen MR) is 46.5 cm³/mol. The number of anilines is 2. The lowest BCUT2D eigenvalue weighted by molar-refractivity contribution is 0.322. The van der Waals surface area contributed by atoms with Crippen molar-refractivity contribution in [2.24, 2.45) is 0 Å². The number of aliphatic hydroxyl groups excluding tert-OH is 1. The maximum absolute atomic E-state index is 8.51. The van der Waals surface area contributed by atoms with Crippen molar-refractivity contribution in [2.75, 3.05) is 23.8 Å². The van der Waals surface area contributed by atoms with Crippen LogP contribution in [0.2, 0.25) is 0 Å². The second kappa shape index (κ2) is 4.07. The van der Waals surface area contributed by atoms with Crippen molar-refractivity contribution in [1.29, 1.82) is 0 Å². The minimum Gasteiger partial charge on any atom is -0.396 e. The quantitative estimate of drug-likeness (QED) is 0.527. The van der Waals surface area contributed by atoms with E-state index in [0.717, 1.165) is 0 Å². The molecular weight excluding hydrogens is 178 g/mol. The zero-order chi connectivity index (χ0) is 8.97. The van der Waals surface area contributed by atoms with Gasteiger partial charge in [0.2, 0.25) is 11.9 Å². The van der Waals surface area contributed by atoms with Gasteiger partial charge in [0.25, 0.3) is 0 Å². The molecule has 0 fully saturated rings. The molecule has 12 heavy (non-hydrogen) atoms. The monoisotopic (exact) mass is 187 g/mol. The highest BCUT2D eigenvalue weighted by atomic mass is 32.2. The van der Waals surface area contributed by atoms with E-state index < -0.39 is 0 Å². The molecule has 0 saturated carbocycles. The summed E-state index contributed by atoms with van der Waals surface area (Å²) in [6.07, 6.45) is 0. The molecule has 0 saturated heterocycles. The van der Waals surface area contributed by atoms with E-state index in [0.29, 0.717) is 10.9 Å². The average molecular weight is 187 g/mol. The van der Waals surface area contributed by atoms with Crippen molar-refractivity contribution in [3.05, 3.63) is 0 Å². The molecule has 1 aromatic rings. The molecule has 0 aromatic carbocycles. The fourth-order valence-electron chi connectivity index (χ4n) is 0.590. The van der Waals surface area contributed by atoms with Crippen LogP contribution in [0.15, 0.2) is 5.16 Å². The van der Waals surface area contributed by atoms with Crippen LogP contribution in [0.25, 0.3) is 0 Å². The van der Waals surface area contributed by atoms with Gasteiger partial charge in [-0.3, -0.25) is 0 Å². The highest BCUT2D eigenvalue weighted by molar-refractivity contribution is 7.99. The SMILES string of the molecule is Nc1nc(N)nc(SCCO)n1. The van der Waals surface area contributed by atoms with Gasteiger partial charge < -0.3 is 16.6 Å². The first-order valence-corrected chi connectivity index (χ1v) is 4.21. The van der Waals surface area contributed by atoms with Crippen LogP contribution in [-0.4, -0.2) is 32.4 Å². The molecule has 5 N–H and O–H groups in total. The van der Waals surface area contributed by atoms with Crippen LogP contribution in [0, 0.1) is 0 Å². The topological polar surface area (TPSA) is 111 Å². The summed E-state index contributed by atoms with van der Waals surface area (Å²) in [5.41, 5.74) is 10.6. The first-order valence-electron chi connectivity index (χ1n) is 3.23. The van der Waals surface area contributed by atoms with Crippen molar-refractivity contribution in [3.8, 4) is 0 Å². The van der Waals surface area contributed by atoms with E-state index in [1.54, 1.807) is 0 Å². The number of nitrogen functional groups attached to an aromatic ring is 2. The Hall–Kier alpha value is -1.08. The summed E-state index contributed by atoms with van der Waals surface area (Å²) in [5, 5.41) is 8.95. The molecule has 6 nitrogen and oxygen atoms in total. The highest BCUT2D eigenvalue weighted by Gasteiger charge is 2.00. The summed E-state index contributed by atoms with van der Waals surface area (Å²) < 4.78 is 0. The van der Waals surface area contributed by atoms with Gasteiger partial charge in [-0.1, -0.05) is 11.8 Å². The largest absolute Gasteiger partial charge is 0.396 e. The molecule has 1 heterocycles. The van der Waals surface area contributed by atoms with Gasteiger partial charge in [0, 0.05) is 5.75 Å². The zero-order valence-electron chi connectivity index (χ0n) is 6.27. The summed E-state index contributed by atoms with van der Waals surface area (Å²) in [6, 6.07) is 0. The highest BCUT2D eigenvalue weighted by Crippen LogP contribution is 2.12. The average Bonchev–Trinajstić information content (AvgIpc) is 1.99. The normalized spacial score (nSPS) is 10.1. The summed E-state index contributed by atoms with van der Waals surface area (Å²) in [5.74, 6) is 0.717. The molecule has 0 unspecified atom stereocenters. The number of rotatable bonds is 3. The van der Waals surface area contributed by atoms with Crippen LogP contribution in [0.3, 0.4) is 0 Å². The third-order valence-corrected chi connectivity index (χ3v) is 1.80. The lowest BCUT2D eigenvalue weighted by Crippen LogP contribution is -2.04. The zero-order valence-corrected chi connectivity index (χ0v) is 7.08. The van der Waals surface area contributed by atoms with E-state index in [9.17, 15) is 0 Å². The Bertz CT molecular complexity index is 248. The van der Waals surface area contributed by atoms with Gasteiger partial charge in [0.05, 0.1) is 6.61 Å². The standard InChI is InChI=1S/C5H9N5OS/c6-3-8-4(7)10-5(9-3)12-2-1-11/h11H,1-2H2,(H4,6,7,8,9,10). The minimum absolute atomic E-state index is 0.0656. The van der Waals surface area contributed by atoms with Crippen LogP contribution >= 0.6 is 11.8 Å². The molecule has 0 aliphatic rings. The number of hydrogen-bond donors (Lipinski definition) is 3. The lowest BCUT2D eigenvalue weighted by atomic mass is 10.9. The second-order valence-electron chi connectivity index (χ2n) is 1.91. The van der Waals surface area contributed by atoms with Crippen molar-refractivity contribution in [3.63, 3.8) is 0 Å². The van der Waals surface area contributed by atoms with E-state index in [1.165, 1.54) is 11.8 Å². The number of nitrogens with zero attached hydrogens (tertiary/aromatic N) is 3. The third kappa shape index (κ3) is 2.51. The number of hydrogen-bond acceptors (Lipinski definition) is 7. The second-order valence-corrected chi connectivity index (χ2v) is 2.97. The molecule has 0 radical (unpaired) electrons. The summed E-state index contributed by atoms with van der Waals surface area (Å²) in [6.45, 7) is 0.0656. The van der Waals surface area contributed by atoms with Crippen molar-refractivity contribution < 1.29 is 5.11 Å². The first-order chi connectivity index (χ1) is 5.72. The number of nitrogens with two attached hydrogens (primary N) is 2. The van der Waals surface area contributed by atoms with Crippen molar-refractivity contribution in [1.82, 2.24) is 15.0 Å². The van der Waals surface area contributed by atoms with Crippen LogP contribution in [0.4, 0.5) is 11.9 Å². The van der Waals surface area contributed by atoms with Crippen LogP contribution in [0.5, 0.6) is 0 Å². The molecule has 0 atom stereocenters. The first kappa shape index (κ1) is 9.01. The summed E-state index contributed by atoms with van der Waals surface area (Å²) in [7, 11) is 0. The maximum Gasteiger partial charge on any atom is 0.225 e. The minimum atomic E-state index is 0.0656. The van der Waals surface area contributed by atoms with Crippen molar-refractivity contribution >= 4 is 23.7 Å². The van der Waals surface area contributed by atoms with Gasteiger partial charge in [0.15, 0.2) is 5.16 Å². The lowest BCUT2D eigenvalue weighted by Gasteiger charge is -1.99. The van der Waals surface area contributed by atoms with Crippen LogP contribution in [-0.2, 0) is 0 Å². The van der Waals surface area contributed by atoms with Gasteiger partial charge in [-0.15, -0.1) is 0 Å². The molecule has 0 aliphatic carbocycles. The number of aromatic nitrogens is 3. The Morgan fingerprint density at radius 3 is 2.25 bits per heavy atom. The Labute approximate surface area is 73.4 Å². The van der Waals surface area contributed by atoms with E-state index in [1.807, 2.05) is 0 Å². The van der Waals surface area contributed by atoms with Crippen LogP contribution in [0.1, 0.15) is 0 Å². The fraction of sp³-hybridized carbons (Fsp3) is 0.400. The van der Waals surface area contributed by atoms with E-state index >= 15 is 0 Å². The number of thioether (sulfide) groups is 1. The summed E-state index contributed by atoms with van der Waals surface area (Å²) in [4.78, 5) is 11.2. The smallest absolute Gasteiger partial charge is 0.225 e. The molecule has 66 valence electrons. The van der Waals surface area contributed by atoms with E-state index in [2.05, 4.69) is 15.0 Å². The summed E-state index contributed by atoms with van der Waals surface area (Å²) >= 11 is 1.28. The number of aliphatic hydroxyl groups is 1. The van der Waals surface area contributed by atoms with Gasteiger partial charge >= 0.3 is 0 Å². The molecule has 7 heteroatoms. The predicted octanol–water partition coefficient (Wildman–Crippen LogP) is -0.880. The molecule has 0 aliphatic heterocycles. The molecule has 0 amide bonds. The molecule has 1 rings (SSSR count). The Morgan fingerprint density at radius 2 is 1.75 bits per heavy atom. The van der Waals surface area contributed by atoms with Crippen molar-refractivity contribution in [2.45, 2.75) is 5.16 Å². The van der Waals surface area contributed by atoms with Crippen LogP contribution < -0.4 is 11.5 Å². The molecular formula is C5H9N5OS. The van der Waals surface area contributed by atoms with Gasteiger partial charge in [0.1, 0.15) is 0 Å².